The van der Waals surface area contributed by atoms with Gasteiger partial charge in [0.2, 0.25) is 5.88 Å². The number of carbonyl (C=O) groups is 1. The highest BCUT2D eigenvalue weighted by molar-refractivity contribution is 7.98. The summed E-state index contributed by atoms with van der Waals surface area (Å²) in [6.07, 6.45) is 7.38. The first-order chi connectivity index (χ1) is 48.3. The summed E-state index contributed by atoms with van der Waals surface area (Å²) in [7, 11) is 8.85. The second-order valence-electron chi connectivity index (χ2n) is 24.5. The summed E-state index contributed by atoms with van der Waals surface area (Å²) in [5, 5.41) is 50.8. The van der Waals surface area contributed by atoms with Gasteiger partial charge in [0, 0.05) is 78.4 Å². The maximum Gasteiger partial charge on any atom is 0.270 e. The van der Waals surface area contributed by atoms with E-state index in [2.05, 4.69) is 60.4 Å². The number of amides is 1. The number of aromatic nitrogens is 9. The zero-order chi connectivity index (χ0) is 71.4. The Hall–Kier alpha value is -9.54. The van der Waals surface area contributed by atoms with Crippen molar-refractivity contribution in [2.75, 3.05) is 92.5 Å². The number of rotatable bonds is 27. The van der Waals surface area contributed by atoms with Gasteiger partial charge in [-0.15, -0.1) is 11.8 Å². The van der Waals surface area contributed by atoms with Crippen molar-refractivity contribution in [2.45, 2.75) is 110 Å². The van der Waals surface area contributed by atoms with Crippen LogP contribution in [0.25, 0.3) is 62.3 Å². The van der Waals surface area contributed by atoms with E-state index in [0.717, 1.165) is 93.4 Å². The van der Waals surface area contributed by atoms with E-state index in [0.29, 0.717) is 106 Å². The molecule has 1 saturated carbocycles. The van der Waals surface area contributed by atoms with Crippen LogP contribution < -0.4 is 45.1 Å². The lowest BCUT2D eigenvalue weighted by Gasteiger charge is -2.22. The number of hydrogen-bond donors (Lipinski definition) is 7. The lowest BCUT2D eigenvalue weighted by atomic mass is 9.95. The maximum absolute atomic E-state index is 13.2. The molecule has 7 heterocycles. The molecule has 9 aromatic rings. The summed E-state index contributed by atoms with van der Waals surface area (Å²) in [6, 6.07) is 30.0. The first kappa shape index (κ1) is 74.7. The molecule has 11 rings (SSSR count). The molecule has 3 unspecified atom stereocenters. The van der Waals surface area contributed by atoms with Gasteiger partial charge in [-0.05, 0) is 143 Å². The molecule has 7 N–H and O–H groups in total. The van der Waals surface area contributed by atoms with Gasteiger partial charge in [-0.1, -0.05) is 66.0 Å². The number of aliphatic hydroxyl groups excluding tert-OH is 3. The predicted octanol–water partition coefficient (Wildman–Crippen LogP) is 10.4. The minimum absolute atomic E-state index is 0.152. The third-order valence-electron chi connectivity index (χ3n) is 16.6. The number of thioether (sulfide) groups is 1. The average Bonchev–Trinajstić information content (AvgIpc) is 1.42. The van der Waals surface area contributed by atoms with Crippen molar-refractivity contribution in [3.8, 4) is 79.8 Å². The van der Waals surface area contributed by atoms with Crippen molar-refractivity contribution in [3.05, 3.63) is 149 Å². The van der Waals surface area contributed by atoms with Crippen LogP contribution in [0.1, 0.15) is 90.6 Å². The molecule has 0 bridgehead atoms. The van der Waals surface area contributed by atoms with Crippen LogP contribution in [-0.2, 0) is 0 Å². The number of methoxy groups -OCH3 is 1. The molecule has 1 aliphatic carbocycles. The largest absolute Gasteiger partial charge is 0.491 e. The Bertz CT molecular complexity index is 4230. The average molecular weight is 1380 g/mol. The molecule has 0 radical (unpaired) electrons. The fourth-order valence-corrected chi connectivity index (χ4v) is 12.1. The Morgan fingerprint density at radius 2 is 1.13 bits per heavy atom. The number of nitrogens with zero attached hydrogens (tertiary/aromatic N) is 11. The van der Waals surface area contributed by atoms with Crippen LogP contribution in [0.4, 0.5) is 11.5 Å². The zero-order valence-electron chi connectivity index (χ0n) is 59.1. The van der Waals surface area contributed by atoms with Crippen LogP contribution in [0.5, 0.6) is 23.1 Å². The number of ether oxygens (including phenoxy) is 4. The molecular formula is C74H91N15O10S. The van der Waals surface area contributed by atoms with Crippen LogP contribution in [-0.4, -0.2) is 184 Å². The lowest BCUT2D eigenvalue weighted by Crippen LogP contribution is -2.36. The minimum Gasteiger partial charge on any atom is -0.491 e. The molecular weight excluding hydrogens is 1290 g/mol. The number of anilines is 2. The number of hydrogen-bond acceptors (Lipinski definition) is 25. The van der Waals surface area contributed by atoms with Crippen molar-refractivity contribution in [1.29, 1.82) is 0 Å². The standard InChI is InChI=1S/C26H30N6O4.C26H33N5O4.C22H28N4O2S/c1-16-25(17(2)36-31-16)22-12-23(32(4)19-9-10-24(34-5)28-13-19)30-26(29-22)18-7-6-8-21(11-18)35-15-20(33)14-27-3;1-16-24(17(2)35-31-16)22-13-23(26(33)28-19-9-5-4-6-10-19)30-25(29-22)18-8-7-11-21(12-18)34-15-20(32)14-27-3;1-13-10-24-15(3)19(13)20-14(2)22(29-5)26-21(25-20)16-7-6-8-18(9-16)28-12-17(27)11-23-4/h6-13,20,27,33H,14-15H2,1-5H3;7-8,11-13,19-20,27,32H,4-6,9-10,14-15H2,1-3H3,(H,28,33);6-9,17,23,27H,10-12H2,1-5H3. The summed E-state index contributed by atoms with van der Waals surface area (Å²) in [5.41, 5.74) is 13.2. The third kappa shape index (κ3) is 19.7. The molecule has 1 fully saturated rings. The van der Waals surface area contributed by atoms with Gasteiger partial charge < -0.3 is 69.5 Å². The first-order valence-electron chi connectivity index (χ1n) is 33.3. The molecule has 6 aromatic heterocycles. The van der Waals surface area contributed by atoms with Crippen molar-refractivity contribution < 1.29 is 48.1 Å². The highest BCUT2D eigenvalue weighted by Gasteiger charge is 2.26. The number of carbonyl (C=O) groups excluding carboxylic acids is 1. The molecule has 26 heteroatoms. The molecule has 3 atom stereocenters. The molecule has 1 aliphatic heterocycles. The number of aryl methyl sites for hydroxylation is 4. The Labute approximate surface area is 588 Å². The molecule has 2 aliphatic rings. The number of pyridine rings is 1. The van der Waals surface area contributed by atoms with Crippen molar-refractivity contribution in [2.24, 2.45) is 4.99 Å². The van der Waals surface area contributed by atoms with E-state index < -0.39 is 18.3 Å². The van der Waals surface area contributed by atoms with Gasteiger partial charge in [0.25, 0.3) is 5.91 Å². The number of nitrogens with one attached hydrogen (secondary N) is 4. The SMILES string of the molecule is CNCC(O)COc1cccc(-c2nc(-c3c(C)noc3C)cc(N(C)c3ccc(OC)nc3)n2)c1.CNCC(O)COc1cccc(-c2nc(C(=O)NC3CCCCC3)cc(-c3c(C)noc3C)n2)c1.CNCC(O)COc1cccc(-c2nc(SC)c(C)c(C3=C(C)CN=C3C)n2)c1. The van der Waals surface area contributed by atoms with E-state index in [1.165, 1.54) is 12.0 Å². The summed E-state index contributed by atoms with van der Waals surface area (Å²) < 4.78 is 33.2. The Balaban J connectivity index is 0.000000176. The number of allylic oxidation sites excluding steroid dienone is 1. The number of benzene rings is 3. The molecule has 0 spiro atoms. The molecule has 528 valence electrons. The summed E-state index contributed by atoms with van der Waals surface area (Å²) >= 11 is 1.62. The van der Waals surface area contributed by atoms with Gasteiger partial charge in [0.15, 0.2) is 17.5 Å². The van der Waals surface area contributed by atoms with Gasteiger partial charge in [0.05, 0.1) is 65.1 Å². The second-order valence-corrected chi connectivity index (χ2v) is 25.3. The second kappa shape index (κ2) is 36.0. The fourth-order valence-electron chi connectivity index (χ4n) is 11.5. The molecule has 3 aromatic carbocycles. The smallest absolute Gasteiger partial charge is 0.270 e. The Morgan fingerprint density at radius 1 is 0.630 bits per heavy atom. The number of aliphatic imine (C=N–C) groups is 1. The third-order valence-corrected chi connectivity index (χ3v) is 17.4. The predicted molar refractivity (Wildman–Crippen MR) is 389 cm³/mol. The Kier molecular flexibility index (Phi) is 26.9. The molecule has 25 nitrogen and oxygen atoms in total. The molecule has 0 saturated heterocycles. The quantitative estimate of drug-likeness (QED) is 0.0186. The van der Waals surface area contributed by atoms with Crippen molar-refractivity contribution in [3.63, 3.8) is 0 Å². The maximum atomic E-state index is 13.2. The summed E-state index contributed by atoms with van der Waals surface area (Å²) in [6.45, 7) is 16.3. The van der Waals surface area contributed by atoms with Crippen molar-refractivity contribution in [1.82, 2.24) is 66.5 Å². The van der Waals surface area contributed by atoms with Crippen LogP contribution in [0.3, 0.4) is 0 Å². The van der Waals surface area contributed by atoms with Crippen LogP contribution >= 0.6 is 11.8 Å². The van der Waals surface area contributed by atoms with E-state index in [9.17, 15) is 20.1 Å². The van der Waals surface area contributed by atoms with Crippen LogP contribution in [0.2, 0.25) is 0 Å². The van der Waals surface area contributed by atoms with Crippen molar-refractivity contribution >= 4 is 40.5 Å². The topological polar surface area (TPSA) is 321 Å². The van der Waals surface area contributed by atoms with E-state index in [4.69, 9.17) is 52.9 Å². The number of likely N-dealkylation sites (N-methyl/N-ethyl adjacent to an activating group) is 3. The van der Waals surface area contributed by atoms with Gasteiger partial charge in [-0.25, -0.2) is 34.9 Å². The molecule has 1 amide bonds. The van der Waals surface area contributed by atoms with Crippen LogP contribution in [0, 0.1) is 34.6 Å². The molecule has 100 heavy (non-hydrogen) atoms. The van der Waals surface area contributed by atoms with Gasteiger partial charge in [-0.2, -0.15) is 0 Å². The fraction of sp³-hybridized carbons (Fsp3) is 0.392. The van der Waals surface area contributed by atoms with Gasteiger partial charge in [0.1, 0.15) is 83.4 Å². The highest BCUT2D eigenvalue weighted by Crippen LogP contribution is 2.36. The van der Waals surface area contributed by atoms with Gasteiger partial charge in [-0.3, -0.25) is 9.79 Å². The number of aliphatic hydroxyl groups is 3. The van der Waals surface area contributed by atoms with E-state index in [1.807, 2.05) is 132 Å². The first-order valence-corrected chi connectivity index (χ1v) is 34.5. The zero-order valence-corrected chi connectivity index (χ0v) is 60.0. The monoisotopic (exact) mass is 1380 g/mol. The van der Waals surface area contributed by atoms with E-state index in [1.54, 1.807) is 64.4 Å². The summed E-state index contributed by atoms with van der Waals surface area (Å²) in [5.74, 6) is 5.74. The summed E-state index contributed by atoms with van der Waals surface area (Å²) in [4.78, 5) is 52.8. The normalized spacial score (nSPS) is 13.9. The van der Waals surface area contributed by atoms with Crippen LogP contribution in [0.15, 0.2) is 128 Å². The highest BCUT2D eigenvalue weighted by atomic mass is 32.2. The van der Waals surface area contributed by atoms with Gasteiger partial charge >= 0.3 is 0 Å². The van der Waals surface area contributed by atoms with E-state index in [-0.39, 0.29) is 31.8 Å². The lowest BCUT2D eigenvalue weighted by molar-refractivity contribution is 0.0922. The van der Waals surface area contributed by atoms with E-state index >= 15 is 0 Å². The minimum atomic E-state index is -0.627. The Morgan fingerprint density at radius 3 is 1.57 bits per heavy atom.